The molecule has 12 nitrogen and oxygen atoms in total. The Morgan fingerprint density at radius 1 is 0.942 bits per heavy atom. The zero-order valence-corrected chi connectivity index (χ0v) is 30.4. The van der Waals surface area contributed by atoms with Crippen LogP contribution in [-0.2, 0) is 24.6 Å². The molecule has 6 N–H and O–H groups in total. The molecule has 4 aromatic rings. The van der Waals surface area contributed by atoms with Gasteiger partial charge in [0.05, 0.1) is 60.1 Å². The molecule has 0 saturated carbocycles. The molecular formula is C38H42Cl2N4O8. The number of aliphatic hydroxyl groups excluding tert-OH is 4. The fraction of sp³-hybridized carbons (Fsp3) is 0.342. The molecule has 0 aliphatic heterocycles. The number of benzene rings is 3. The van der Waals surface area contributed by atoms with Gasteiger partial charge in [-0.15, -0.1) is 0 Å². The standard InChI is InChI=1S/C38H42Cl2N4O8/c1-24-27(5-3-6-30(24)31-7-4-8-33(37(31)40)50-10-9-36(49)43-18-29(48)19-45)21-52-35-13-34(51-20-26-11-25(14-41)15-42-16-26)28(12-32(35)39)17-44-38(2,22-46)23-47/h3-8,11-13,15-16,29,44-48H,9-10,17-23H2,1-2H3,(H,43,49)/t29-/m0/s1. The van der Waals surface area contributed by atoms with Crippen molar-refractivity contribution in [3.63, 3.8) is 0 Å². The van der Waals surface area contributed by atoms with Gasteiger partial charge < -0.3 is 45.3 Å². The summed E-state index contributed by atoms with van der Waals surface area (Å²) >= 11 is 13.5. The SMILES string of the molecule is Cc1c(COc2cc(OCc3cncc(C#N)c3)c(CNC(C)(CO)CO)cc2Cl)cccc1-c1cccc(OCCC(=O)NC[C@H](O)CO)c1Cl. The van der Waals surface area contributed by atoms with Crippen LogP contribution in [0.5, 0.6) is 17.2 Å². The lowest BCUT2D eigenvalue weighted by atomic mass is 9.96. The van der Waals surface area contributed by atoms with Crippen molar-refractivity contribution in [3.8, 4) is 34.4 Å². The van der Waals surface area contributed by atoms with Crippen molar-refractivity contribution in [1.29, 1.82) is 5.26 Å². The van der Waals surface area contributed by atoms with Crippen molar-refractivity contribution in [1.82, 2.24) is 15.6 Å². The smallest absolute Gasteiger partial charge is 0.223 e. The molecule has 1 atom stereocenters. The Morgan fingerprint density at radius 3 is 2.40 bits per heavy atom. The average Bonchev–Trinajstić information content (AvgIpc) is 3.16. The van der Waals surface area contributed by atoms with E-state index in [9.17, 15) is 25.4 Å². The van der Waals surface area contributed by atoms with Crippen LogP contribution in [0.1, 0.15) is 41.2 Å². The van der Waals surface area contributed by atoms with Gasteiger partial charge >= 0.3 is 0 Å². The van der Waals surface area contributed by atoms with Crippen molar-refractivity contribution in [3.05, 3.63) is 105 Å². The Balaban J connectivity index is 1.51. The van der Waals surface area contributed by atoms with Gasteiger partial charge in [0.2, 0.25) is 5.91 Å². The summed E-state index contributed by atoms with van der Waals surface area (Å²) in [5, 5.41) is 53.5. The number of pyridine rings is 1. The number of ether oxygens (including phenoxy) is 3. The number of rotatable bonds is 19. The van der Waals surface area contributed by atoms with Gasteiger partial charge in [-0.05, 0) is 48.7 Å². The zero-order valence-electron chi connectivity index (χ0n) is 28.9. The average molecular weight is 754 g/mol. The normalized spacial score (nSPS) is 11.8. The molecule has 1 aromatic heterocycles. The van der Waals surface area contributed by atoms with E-state index in [0.29, 0.717) is 44.0 Å². The minimum Gasteiger partial charge on any atom is -0.491 e. The Morgan fingerprint density at radius 2 is 1.67 bits per heavy atom. The van der Waals surface area contributed by atoms with Crippen LogP contribution in [0.15, 0.2) is 67.0 Å². The Hall–Kier alpha value is -4.45. The molecule has 276 valence electrons. The third-order valence-corrected chi connectivity index (χ3v) is 8.94. The first-order chi connectivity index (χ1) is 25.0. The van der Waals surface area contributed by atoms with E-state index in [1.165, 1.54) is 6.20 Å². The van der Waals surface area contributed by atoms with E-state index in [4.69, 9.17) is 42.5 Å². The molecule has 52 heavy (non-hydrogen) atoms. The lowest BCUT2D eigenvalue weighted by Crippen LogP contribution is -2.48. The number of nitriles is 1. The van der Waals surface area contributed by atoms with Crippen LogP contribution in [0.4, 0.5) is 0 Å². The zero-order chi connectivity index (χ0) is 37.7. The first kappa shape index (κ1) is 40.3. The molecular weight excluding hydrogens is 711 g/mol. The highest BCUT2D eigenvalue weighted by molar-refractivity contribution is 6.35. The van der Waals surface area contributed by atoms with E-state index in [2.05, 4.69) is 21.7 Å². The summed E-state index contributed by atoms with van der Waals surface area (Å²) < 4.78 is 18.2. The number of hydrogen-bond donors (Lipinski definition) is 6. The largest absolute Gasteiger partial charge is 0.491 e. The van der Waals surface area contributed by atoms with Crippen LogP contribution >= 0.6 is 23.2 Å². The molecule has 0 aliphatic rings. The maximum absolute atomic E-state index is 12.1. The van der Waals surface area contributed by atoms with Gasteiger partial charge in [0.15, 0.2) is 0 Å². The number of nitrogens with zero attached hydrogens (tertiary/aromatic N) is 2. The second-order valence-electron chi connectivity index (χ2n) is 12.3. The number of halogens is 2. The summed E-state index contributed by atoms with van der Waals surface area (Å²) in [5.74, 6) is 0.888. The van der Waals surface area contributed by atoms with Crippen LogP contribution in [0.3, 0.4) is 0 Å². The van der Waals surface area contributed by atoms with E-state index in [1.807, 2.05) is 37.3 Å². The molecule has 0 spiro atoms. The lowest BCUT2D eigenvalue weighted by molar-refractivity contribution is -0.122. The summed E-state index contributed by atoms with van der Waals surface area (Å²) in [6, 6.07) is 18.3. The predicted molar refractivity (Wildman–Crippen MR) is 196 cm³/mol. The highest BCUT2D eigenvalue weighted by Crippen LogP contribution is 2.38. The molecule has 14 heteroatoms. The maximum Gasteiger partial charge on any atom is 0.223 e. The molecule has 1 heterocycles. The monoisotopic (exact) mass is 752 g/mol. The van der Waals surface area contributed by atoms with Gasteiger partial charge in [0.1, 0.15) is 36.5 Å². The maximum atomic E-state index is 12.1. The molecule has 0 radical (unpaired) electrons. The number of nitrogens with one attached hydrogen (secondary N) is 2. The quantitative estimate of drug-likeness (QED) is 0.0794. The summed E-state index contributed by atoms with van der Waals surface area (Å²) in [5.41, 5.74) is 4.17. The summed E-state index contributed by atoms with van der Waals surface area (Å²) in [6.07, 6.45) is 2.09. The van der Waals surface area contributed by atoms with Gasteiger partial charge in [-0.3, -0.25) is 9.78 Å². The van der Waals surface area contributed by atoms with Gasteiger partial charge in [-0.25, -0.2) is 0 Å². The van der Waals surface area contributed by atoms with E-state index in [0.717, 1.165) is 22.3 Å². The molecule has 0 aliphatic carbocycles. The number of aliphatic hydroxyl groups is 4. The predicted octanol–water partition coefficient (Wildman–Crippen LogP) is 4.46. The third kappa shape index (κ3) is 11.0. The van der Waals surface area contributed by atoms with Crippen molar-refractivity contribution in [2.24, 2.45) is 0 Å². The van der Waals surface area contributed by atoms with Crippen molar-refractivity contribution >= 4 is 29.1 Å². The summed E-state index contributed by atoms with van der Waals surface area (Å²) in [4.78, 5) is 16.2. The summed E-state index contributed by atoms with van der Waals surface area (Å²) in [7, 11) is 0. The van der Waals surface area contributed by atoms with Crippen LogP contribution in [0.25, 0.3) is 11.1 Å². The number of hydrogen-bond acceptors (Lipinski definition) is 11. The molecule has 0 unspecified atom stereocenters. The van der Waals surface area contributed by atoms with Gasteiger partial charge in [-0.2, -0.15) is 5.26 Å². The van der Waals surface area contributed by atoms with Gasteiger partial charge in [0, 0.05) is 48.2 Å². The van der Waals surface area contributed by atoms with Gasteiger partial charge in [-0.1, -0.05) is 53.5 Å². The van der Waals surface area contributed by atoms with E-state index in [-0.39, 0.29) is 58.5 Å². The molecule has 0 fully saturated rings. The second-order valence-corrected chi connectivity index (χ2v) is 13.1. The van der Waals surface area contributed by atoms with Crippen molar-refractivity contribution in [2.75, 3.05) is 33.0 Å². The summed E-state index contributed by atoms with van der Waals surface area (Å²) in [6.45, 7) is 3.11. The highest BCUT2D eigenvalue weighted by atomic mass is 35.5. The number of carbonyl (C=O) groups is 1. The first-order valence-electron chi connectivity index (χ1n) is 16.4. The number of amides is 1. The third-order valence-electron chi connectivity index (χ3n) is 8.25. The van der Waals surface area contributed by atoms with Crippen LogP contribution in [-0.4, -0.2) is 75.9 Å². The Kier molecular flexibility index (Phi) is 15.0. The van der Waals surface area contributed by atoms with E-state index in [1.54, 1.807) is 37.4 Å². The van der Waals surface area contributed by atoms with Gasteiger partial charge in [0.25, 0.3) is 0 Å². The van der Waals surface area contributed by atoms with Crippen LogP contribution in [0, 0.1) is 18.3 Å². The minimum absolute atomic E-state index is 0.0354. The molecule has 0 bridgehead atoms. The molecule has 0 saturated heterocycles. The fourth-order valence-electron chi connectivity index (χ4n) is 4.97. The Bertz CT molecular complexity index is 1870. The molecule has 4 rings (SSSR count). The molecule has 3 aromatic carbocycles. The first-order valence-corrected chi connectivity index (χ1v) is 17.2. The minimum atomic E-state index is -1.02. The fourth-order valence-corrected chi connectivity index (χ4v) is 5.50. The second kappa shape index (κ2) is 19.4. The molecule has 1 amide bonds. The van der Waals surface area contributed by atoms with E-state index < -0.39 is 18.2 Å². The topological polar surface area (TPSA) is 186 Å². The van der Waals surface area contributed by atoms with Crippen molar-refractivity contribution < 1.29 is 39.4 Å². The highest BCUT2D eigenvalue weighted by Gasteiger charge is 2.23. The van der Waals surface area contributed by atoms with Crippen LogP contribution < -0.4 is 24.8 Å². The van der Waals surface area contributed by atoms with Crippen molar-refractivity contribution in [2.45, 2.75) is 51.7 Å². The van der Waals surface area contributed by atoms with E-state index >= 15 is 0 Å². The lowest BCUT2D eigenvalue weighted by Gasteiger charge is -2.27. The Labute approximate surface area is 312 Å². The van der Waals surface area contributed by atoms with Crippen LogP contribution in [0.2, 0.25) is 10.0 Å². The number of aromatic nitrogens is 1. The number of carbonyl (C=O) groups excluding carboxylic acids is 1.